The highest BCUT2D eigenvalue weighted by atomic mass is 79.9. The van der Waals surface area contributed by atoms with Crippen molar-refractivity contribution in [1.29, 1.82) is 0 Å². The van der Waals surface area contributed by atoms with Crippen LogP contribution < -0.4 is 5.32 Å². The second-order valence-electron chi connectivity index (χ2n) is 5.42. The van der Waals surface area contributed by atoms with Gasteiger partial charge in [0.2, 0.25) is 0 Å². The monoisotopic (exact) mass is 390 g/mol. The van der Waals surface area contributed by atoms with E-state index in [1.165, 1.54) is 4.88 Å². The van der Waals surface area contributed by atoms with Crippen molar-refractivity contribution >= 4 is 27.3 Å². The van der Waals surface area contributed by atoms with E-state index in [-0.39, 0.29) is 0 Å². The van der Waals surface area contributed by atoms with Gasteiger partial charge in [-0.2, -0.15) is 0 Å². The maximum atomic E-state index is 4.46. The Morgan fingerprint density at radius 3 is 2.91 bits per heavy atom. The molecule has 3 rings (SSSR count). The van der Waals surface area contributed by atoms with Crippen molar-refractivity contribution < 1.29 is 0 Å². The summed E-state index contributed by atoms with van der Waals surface area (Å²) in [7, 11) is 0. The van der Waals surface area contributed by atoms with Crippen molar-refractivity contribution in [3.8, 4) is 11.3 Å². The molecule has 0 amide bonds. The highest BCUT2D eigenvalue weighted by molar-refractivity contribution is 9.10. The normalized spacial score (nSPS) is 11.1. The Kier molecular flexibility index (Phi) is 5.25. The van der Waals surface area contributed by atoms with Crippen molar-refractivity contribution in [2.75, 3.05) is 6.54 Å². The van der Waals surface area contributed by atoms with Gasteiger partial charge in [-0.1, -0.05) is 28.1 Å². The van der Waals surface area contributed by atoms with Crippen molar-refractivity contribution in [1.82, 2.24) is 20.3 Å². The van der Waals surface area contributed by atoms with Crippen LogP contribution >= 0.6 is 27.3 Å². The third-order valence-electron chi connectivity index (χ3n) is 3.58. The average molecular weight is 391 g/mol. The molecule has 0 aliphatic carbocycles. The third-order valence-corrected chi connectivity index (χ3v) is 5.21. The molecule has 0 saturated heterocycles. The van der Waals surface area contributed by atoms with Crippen LogP contribution in [0.15, 0.2) is 34.9 Å². The van der Waals surface area contributed by atoms with Crippen molar-refractivity contribution in [2.24, 2.45) is 0 Å². The van der Waals surface area contributed by atoms with Gasteiger partial charge in [-0.25, -0.2) is 9.97 Å². The summed E-state index contributed by atoms with van der Waals surface area (Å²) in [5, 5.41) is 4.58. The van der Waals surface area contributed by atoms with Crippen molar-refractivity contribution in [3.63, 3.8) is 0 Å². The quantitative estimate of drug-likeness (QED) is 0.618. The van der Waals surface area contributed by atoms with Crippen molar-refractivity contribution in [2.45, 2.75) is 26.8 Å². The molecule has 0 saturated carbocycles. The van der Waals surface area contributed by atoms with Crippen LogP contribution in [0.25, 0.3) is 11.3 Å². The van der Waals surface area contributed by atoms with Gasteiger partial charge < -0.3 is 10.3 Å². The van der Waals surface area contributed by atoms with Crippen molar-refractivity contribution in [3.05, 3.63) is 56.3 Å². The molecule has 6 heteroatoms. The molecular weight excluding hydrogens is 372 g/mol. The van der Waals surface area contributed by atoms with Gasteiger partial charge in [-0.15, -0.1) is 11.3 Å². The number of halogens is 1. The Morgan fingerprint density at radius 1 is 1.30 bits per heavy atom. The van der Waals surface area contributed by atoms with E-state index in [0.717, 1.165) is 51.8 Å². The zero-order valence-electron chi connectivity index (χ0n) is 13.2. The number of nitrogens with zero attached hydrogens (tertiary/aromatic N) is 2. The van der Waals surface area contributed by atoms with Gasteiger partial charge >= 0.3 is 0 Å². The second kappa shape index (κ2) is 7.38. The first-order valence-corrected chi connectivity index (χ1v) is 9.16. The second-order valence-corrected chi connectivity index (χ2v) is 7.63. The lowest BCUT2D eigenvalue weighted by molar-refractivity contribution is 0.667. The summed E-state index contributed by atoms with van der Waals surface area (Å²) in [6, 6.07) is 8.20. The lowest BCUT2D eigenvalue weighted by atomic mass is 10.2. The first-order valence-electron chi connectivity index (χ1n) is 7.55. The summed E-state index contributed by atoms with van der Waals surface area (Å²) in [4.78, 5) is 13.6. The number of thiazole rings is 1. The Bertz CT molecular complexity index is 793. The van der Waals surface area contributed by atoms with E-state index in [9.17, 15) is 0 Å². The number of aromatic amines is 1. The summed E-state index contributed by atoms with van der Waals surface area (Å²) in [6.07, 6.45) is 2.89. The molecule has 2 aromatic heterocycles. The van der Waals surface area contributed by atoms with Crippen LogP contribution in [0.2, 0.25) is 0 Å². The molecule has 3 aromatic rings. The third kappa shape index (κ3) is 4.28. The molecule has 0 atom stereocenters. The summed E-state index contributed by atoms with van der Waals surface area (Å²) in [5.74, 6) is 0.956. The topological polar surface area (TPSA) is 53.6 Å². The van der Waals surface area contributed by atoms with E-state index in [0.29, 0.717) is 0 Å². The number of benzene rings is 1. The molecule has 0 spiro atoms. The molecule has 2 heterocycles. The number of aryl methyl sites for hydroxylation is 2. The Labute approximate surface area is 148 Å². The molecule has 1 aromatic carbocycles. The van der Waals surface area contributed by atoms with Gasteiger partial charge in [0.05, 0.1) is 29.1 Å². The van der Waals surface area contributed by atoms with E-state index < -0.39 is 0 Å². The first kappa shape index (κ1) is 16.4. The molecule has 2 N–H and O–H groups in total. The fourth-order valence-electron chi connectivity index (χ4n) is 2.47. The Hall–Kier alpha value is -1.50. The molecule has 0 radical (unpaired) electrons. The zero-order valence-corrected chi connectivity index (χ0v) is 15.6. The van der Waals surface area contributed by atoms with Crippen LogP contribution in [0.1, 0.15) is 21.4 Å². The number of rotatable bonds is 6. The molecule has 0 unspecified atom stereocenters. The predicted octanol–water partition coefficient (Wildman–Crippen LogP) is 4.24. The predicted molar refractivity (Wildman–Crippen MR) is 98.7 cm³/mol. The number of H-pyrrole nitrogens is 1. The minimum absolute atomic E-state index is 0.741. The molecule has 4 nitrogen and oxygen atoms in total. The van der Waals surface area contributed by atoms with Gasteiger partial charge in [-0.3, -0.25) is 0 Å². The summed E-state index contributed by atoms with van der Waals surface area (Å²) in [5.41, 5.74) is 3.33. The van der Waals surface area contributed by atoms with Crippen LogP contribution in [0.5, 0.6) is 0 Å². The summed E-state index contributed by atoms with van der Waals surface area (Å²) < 4.78 is 1.07. The number of hydrogen-bond donors (Lipinski definition) is 2. The lowest BCUT2D eigenvalue weighted by Gasteiger charge is -2.02. The minimum Gasteiger partial charge on any atom is -0.341 e. The van der Waals surface area contributed by atoms with Crippen LogP contribution in [0.4, 0.5) is 0 Å². The standard InChI is InChI=1S/C17H19BrN4S/c1-11-16(23-12(2)21-11)6-7-19-10-17-20-9-15(22-17)13-4-3-5-14(18)8-13/h3-5,8-9,19H,6-7,10H2,1-2H3,(H,20,22). The van der Waals surface area contributed by atoms with Gasteiger partial charge in [0, 0.05) is 21.5 Å². The zero-order chi connectivity index (χ0) is 16.2. The van der Waals surface area contributed by atoms with E-state index in [1.807, 2.05) is 18.3 Å². The van der Waals surface area contributed by atoms with Crippen LogP contribution in [0.3, 0.4) is 0 Å². The SMILES string of the molecule is Cc1nc(C)c(CCNCc2ncc(-c3cccc(Br)c3)[nH]2)s1. The number of imidazole rings is 1. The van der Waals surface area contributed by atoms with E-state index in [4.69, 9.17) is 0 Å². The Balaban J connectivity index is 1.52. The van der Waals surface area contributed by atoms with Gasteiger partial charge in [0.1, 0.15) is 5.82 Å². The van der Waals surface area contributed by atoms with E-state index in [2.05, 4.69) is 62.2 Å². The van der Waals surface area contributed by atoms with Gasteiger partial charge in [0.25, 0.3) is 0 Å². The maximum Gasteiger partial charge on any atom is 0.120 e. The number of aromatic nitrogens is 3. The molecule has 0 bridgehead atoms. The average Bonchev–Trinajstić information content (AvgIpc) is 3.10. The number of nitrogens with one attached hydrogen (secondary N) is 2. The minimum atomic E-state index is 0.741. The summed E-state index contributed by atoms with van der Waals surface area (Å²) in [6.45, 7) is 5.80. The maximum absolute atomic E-state index is 4.46. The van der Waals surface area contributed by atoms with Crippen LogP contribution in [0, 0.1) is 13.8 Å². The lowest BCUT2D eigenvalue weighted by Crippen LogP contribution is -2.17. The van der Waals surface area contributed by atoms with Gasteiger partial charge in [0.15, 0.2) is 0 Å². The number of hydrogen-bond acceptors (Lipinski definition) is 4. The van der Waals surface area contributed by atoms with Crippen LogP contribution in [-0.4, -0.2) is 21.5 Å². The molecule has 0 aliphatic heterocycles. The largest absolute Gasteiger partial charge is 0.341 e. The highest BCUT2D eigenvalue weighted by Gasteiger charge is 2.06. The first-order chi connectivity index (χ1) is 11.1. The Morgan fingerprint density at radius 2 is 2.17 bits per heavy atom. The fourth-order valence-corrected chi connectivity index (χ4v) is 3.81. The van der Waals surface area contributed by atoms with Gasteiger partial charge in [-0.05, 0) is 32.4 Å². The molecule has 23 heavy (non-hydrogen) atoms. The van der Waals surface area contributed by atoms with E-state index >= 15 is 0 Å². The van der Waals surface area contributed by atoms with Crippen LogP contribution in [-0.2, 0) is 13.0 Å². The molecular formula is C17H19BrN4S. The smallest absolute Gasteiger partial charge is 0.120 e. The highest BCUT2D eigenvalue weighted by Crippen LogP contribution is 2.21. The molecule has 0 aliphatic rings. The molecule has 120 valence electrons. The fraction of sp³-hybridized carbons (Fsp3) is 0.294. The summed E-state index contributed by atoms with van der Waals surface area (Å²) >= 11 is 5.28. The molecule has 0 fully saturated rings. The van der Waals surface area contributed by atoms with E-state index in [1.54, 1.807) is 11.3 Å².